The highest BCUT2D eigenvalue weighted by atomic mass is 35.5. The third-order valence-corrected chi connectivity index (χ3v) is 3.64. The molecule has 0 saturated carbocycles. The molecule has 0 aromatic heterocycles. The van der Waals surface area contributed by atoms with Crippen LogP contribution in [0.4, 0.5) is 11.4 Å². The molecular weight excluding hydrogens is 264 g/mol. The summed E-state index contributed by atoms with van der Waals surface area (Å²) >= 11 is 6.01. The number of benzene rings is 1. The smallest absolute Gasteiger partial charge is 0.293 e. The molecule has 0 aliphatic heterocycles. The van der Waals surface area contributed by atoms with Crippen molar-refractivity contribution >= 4 is 23.0 Å². The van der Waals surface area contributed by atoms with Crippen molar-refractivity contribution in [2.45, 2.75) is 32.1 Å². The van der Waals surface area contributed by atoms with E-state index in [4.69, 9.17) is 11.6 Å². The number of anilines is 1. The molecular formula is C14H17ClN2O2. The Balaban J connectivity index is 1.99. The van der Waals surface area contributed by atoms with E-state index in [2.05, 4.69) is 11.4 Å². The number of nitro benzene ring substituents is 1. The van der Waals surface area contributed by atoms with E-state index in [0.717, 1.165) is 19.3 Å². The van der Waals surface area contributed by atoms with E-state index in [1.54, 1.807) is 12.1 Å². The Labute approximate surface area is 117 Å². The summed E-state index contributed by atoms with van der Waals surface area (Å²) in [7, 11) is 0. The fraction of sp³-hybridized carbons (Fsp3) is 0.429. The molecule has 5 heteroatoms. The first-order valence-corrected chi connectivity index (χ1v) is 6.91. The van der Waals surface area contributed by atoms with Crippen molar-refractivity contribution in [1.82, 2.24) is 0 Å². The van der Waals surface area contributed by atoms with E-state index >= 15 is 0 Å². The van der Waals surface area contributed by atoms with Crippen LogP contribution in [-0.2, 0) is 0 Å². The van der Waals surface area contributed by atoms with Crippen LogP contribution in [0.5, 0.6) is 0 Å². The topological polar surface area (TPSA) is 55.2 Å². The van der Waals surface area contributed by atoms with Crippen molar-refractivity contribution in [3.63, 3.8) is 0 Å². The summed E-state index contributed by atoms with van der Waals surface area (Å²) in [5, 5.41) is 14.4. The highest BCUT2D eigenvalue weighted by Gasteiger charge is 2.16. The number of hydrogen-bond acceptors (Lipinski definition) is 3. The molecule has 0 unspecified atom stereocenters. The van der Waals surface area contributed by atoms with Crippen LogP contribution < -0.4 is 5.32 Å². The normalized spacial score (nSPS) is 14.9. The molecule has 0 heterocycles. The van der Waals surface area contributed by atoms with Crippen molar-refractivity contribution in [3.05, 3.63) is 45.0 Å². The van der Waals surface area contributed by atoms with Crippen molar-refractivity contribution in [1.29, 1.82) is 0 Å². The third kappa shape index (κ3) is 3.70. The number of nitrogens with one attached hydrogen (secondary N) is 1. The molecule has 19 heavy (non-hydrogen) atoms. The predicted molar refractivity (Wildman–Crippen MR) is 77.8 cm³/mol. The largest absolute Gasteiger partial charge is 0.378 e. The first-order chi connectivity index (χ1) is 9.18. The summed E-state index contributed by atoms with van der Waals surface area (Å²) < 4.78 is 0. The molecule has 1 aliphatic carbocycles. The molecule has 0 radical (unpaired) electrons. The predicted octanol–water partition coefficient (Wildman–Crippen LogP) is 4.55. The Morgan fingerprint density at radius 3 is 2.89 bits per heavy atom. The third-order valence-electron chi connectivity index (χ3n) is 3.32. The summed E-state index contributed by atoms with van der Waals surface area (Å²) in [5.41, 5.74) is 1.89. The number of rotatable bonds is 5. The summed E-state index contributed by atoms with van der Waals surface area (Å²) in [6.07, 6.45) is 8.02. The minimum absolute atomic E-state index is 0.0325. The second-order valence-electron chi connectivity index (χ2n) is 4.68. The molecule has 4 nitrogen and oxygen atoms in total. The summed E-state index contributed by atoms with van der Waals surface area (Å²) in [5.74, 6) is 0. The molecule has 1 aliphatic rings. The fourth-order valence-electron chi connectivity index (χ4n) is 2.32. The zero-order valence-corrected chi connectivity index (χ0v) is 11.4. The second-order valence-corrected chi connectivity index (χ2v) is 5.08. The zero-order chi connectivity index (χ0) is 13.7. The molecule has 0 amide bonds. The Bertz CT molecular complexity index is 500. The van der Waals surface area contributed by atoms with Crippen LogP contribution in [0.15, 0.2) is 29.8 Å². The lowest BCUT2D eigenvalue weighted by molar-refractivity contribution is -0.383. The van der Waals surface area contributed by atoms with E-state index < -0.39 is 4.92 Å². The number of nitrogens with zero attached hydrogens (tertiary/aromatic N) is 1. The maximum atomic E-state index is 10.9. The van der Waals surface area contributed by atoms with Gasteiger partial charge in [-0.3, -0.25) is 10.1 Å². The molecule has 0 saturated heterocycles. The van der Waals surface area contributed by atoms with Gasteiger partial charge in [0.2, 0.25) is 0 Å². The molecule has 2 rings (SSSR count). The molecule has 0 bridgehead atoms. The van der Waals surface area contributed by atoms with E-state index in [0.29, 0.717) is 17.3 Å². The van der Waals surface area contributed by atoms with Gasteiger partial charge in [-0.15, -0.1) is 0 Å². The van der Waals surface area contributed by atoms with Gasteiger partial charge in [0.15, 0.2) is 0 Å². The molecule has 1 aromatic carbocycles. The van der Waals surface area contributed by atoms with Crippen molar-refractivity contribution in [2.24, 2.45) is 0 Å². The van der Waals surface area contributed by atoms with Crippen LogP contribution in [0.25, 0.3) is 0 Å². The van der Waals surface area contributed by atoms with Gasteiger partial charge in [-0.1, -0.05) is 29.3 Å². The number of nitro groups is 1. The lowest BCUT2D eigenvalue weighted by Gasteiger charge is -2.14. The highest BCUT2D eigenvalue weighted by molar-refractivity contribution is 6.33. The van der Waals surface area contributed by atoms with Gasteiger partial charge in [-0.2, -0.15) is 0 Å². The summed E-state index contributed by atoms with van der Waals surface area (Å²) in [6.45, 7) is 0.677. The molecule has 1 aromatic rings. The molecule has 1 N–H and O–H groups in total. The van der Waals surface area contributed by atoms with Crippen molar-refractivity contribution in [2.75, 3.05) is 11.9 Å². The van der Waals surface area contributed by atoms with E-state index in [9.17, 15) is 10.1 Å². The Hall–Kier alpha value is -1.55. The average Bonchev–Trinajstić information content (AvgIpc) is 2.41. The lowest BCUT2D eigenvalue weighted by atomic mass is 9.97. The molecule has 0 fully saturated rings. The molecule has 102 valence electrons. The van der Waals surface area contributed by atoms with E-state index in [1.807, 2.05) is 0 Å². The van der Waals surface area contributed by atoms with Gasteiger partial charge in [0.1, 0.15) is 5.69 Å². The van der Waals surface area contributed by atoms with Crippen molar-refractivity contribution < 1.29 is 4.92 Å². The lowest BCUT2D eigenvalue weighted by Crippen LogP contribution is -2.06. The second kappa shape index (κ2) is 6.57. The van der Waals surface area contributed by atoms with Crippen molar-refractivity contribution in [3.8, 4) is 0 Å². The van der Waals surface area contributed by atoms with Crippen LogP contribution in [0.1, 0.15) is 32.1 Å². The van der Waals surface area contributed by atoms with Gasteiger partial charge in [0, 0.05) is 12.6 Å². The van der Waals surface area contributed by atoms with Gasteiger partial charge in [0.05, 0.1) is 9.95 Å². The minimum atomic E-state index is -0.409. The van der Waals surface area contributed by atoms with E-state index in [1.165, 1.54) is 24.5 Å². The standard InChI is InChI=1S/C14H17ClN2O2/c15-12-7-4-8-13(17(18)19)14(12)16-10-9-11-5-2-1-3-6-11/h4-5,7-8,16H,1-3,6,9-10H2. The molecule has 0 atom stereocenters. The Kier molecular flexibility index (Phi) is 4.80. The first kappa shape index (κ1) is 13.9. The van der Waals surface area contributed by atoms with Gasteiger partial charge < -0.3 is 5.32 Å². The fourth-order valence-corrected chi connectivity index (χ4v) is 2.56. The SMILES string of the molecule is O=[N+]([O-])c1cccc(Cl)c1NCCC1=CCCCC1. The van der Waals surface area contributed by atoms with Gasteiger partial charge in [0.25, 0.3) is 5.69 Å². The first-order valence-electron chi connectivity index (χ1n) is 6.53. The molecule has 0 spiro atoms. The zero-order valence-electron chi connectivity index (χ0n) is 10.7. The minimum Gasteiger partial charge on any atom is -0.378 e. The number of para-hydroxylation sites is 1. The van der Waals surface area contributed by atoms with Crippen LogP contribution >= 0.6 is 11.6 Å². The Morgan fingerprint density at radius 1 is 1.37 bits per heavy atom. The summed E-state index contributed by atoms with van der Waals surface area (Å²) in [6, 6.07) is 4.72. The van der Waals surface area contributed by atoms with Crippen LogP contribution in [0, 0.1) is 10.1 Å². The number of hydrogen-bond donors (Lipinski definition) is 1. The monoisotopic (exact) mass is 280 g/mol. The average molecular weight is 281 g/mol. The Morgan fingerprint density at radius 2 is 2.21 bits per heavy atom. The maximum absolute atomic E-state index is 10.9. The highest BCUT2D eigenvalue weighted by Crippen LogP contribution is 2.32. The number of allylic oxidation sites excluding steroid dienone is 1. The maximum Gasteiger partial charge on any atom is 0.293 e. The van der Waals surface area contributed by atoms with E-state index in [-0.39, 0.29) is 5.69 Å². The summed E-state index contributed by atoms with van der Waals surface area (Å²) in [4.78, 5) is 10.5. The van der Waals surface area contributed by atoms with Gasteiger partial charge >= 0.3 is 0 Å². The van der Waals surface area contributed by atoms with Gasteiger partial charge in [-0.05, 0) is 38.2 Å². The van der Waals surface area contributed by atoms with Gasteiger partial charge in [-0.25, -0.2) is 0 Å². The van der Waals surface area contributed by atoms with Crippen LogP contribution in [-0.4, -0.2) is 11.5 Å². The quantitative estimate of drug-likeness (QED) is 0.489. The van der Waals surface area contributed by atoms with Crippen LogP contribution in [0.3, 0.4) is 0 Å². The van der Waals surface area contributed by atoms with Crippen LogP contribution in [0.2, 0.25) is 5.02 Å². The number of halogens is 1.